The average molecular weight is 221 g/mol. The second kappa shape index (κ2) is 4.70. The van der Waals surface area contributed by atoms with Crippen molar-refractivity contribution >= 4 is 5.91 Å². The molecule has 0 radical (unpaired) electrons. The van der Waals surface area contributed by atoms with Gasteiger partial charge in [0.05, 0.1) is 0 Å². The normalized spacial score (nSPS) is 17.8. The second-order valence-electron chi connectivity index (χ2n) is 4.49. The maximum Gasteiger partial charge on any atom is 0.242 e. The van der Waals surface area contributed by atoms with Crippen LogP contribution in [0.5, 0.6) is 0 Å². The number of carbonyl (C=O) groups is 1. The molecule has 1 unspecified atom stereocenters. The Bertz CT molecular complexity index is 364. The highest BCUT2D eigenvalue weighted by molar-refractivity contribution is 5.76. The molecule has 1 atom stereocenters. The fourth-order valence-corrected chi connectivity index (χ4v) is 2.05. The fourth-order valence-electron chi connectivity index (χ4n) is 2.05. The number of nitrogens with two attached hydrogens (primary N) is 1. The lowest BCUT2D eigenvalue weighted by molar-refractivity contribution is -0.130. The van der Waals surface area contributed by atoms with Gasteiger partial charge in [0.25, 0.3) is 0 Å². The summed E-state index contributed by atoms with van der Waals surface area (Å²) in [5.41, 5.74) is 6.85. The second-order valence-corrected chi connectivity index (χ2v) is 4.49. The zero-order valence-corrected chi connectivity index (χ0v) is 9.72. The van der Waals surface area contributed by atoms with Gasteiger partial charge in [0, 0.05) is 31.5 Å². The molecular formula is C12H19N3O. The highest BCUT2D eigenvalue weighted by atomic mass is 16.2. The third kappa shape index (κ3) is 2.44. The highest BCUT2D eigenvalue weighted by Crippen LogP contribution is 2.11. The smallest absolute Gasteiger partial charge is 0.242 e. The number of nitrogens with zero attached hydrogens (tertiary/aromatic N) is 2. The lowest BCUT2D eigenvalue weighted by Crippen LogP contribution is -2.30. The monoisotopic (exact) mass is 221 g/mol. The van der Waals surface area contributed by atoms with E-state index in [0.717, 1.165) is 31.5 Å². The van der Waals surface area contributed by atoms with Crippen molar-refractivity contribution in [3.63, 3.8) is 0 Å². The number of hydrogen-bond acceptors (Lipinski definition) is 2. The molecule has 0 spiro atoms. The molecule has 1 aromatic rings. The van der Waals surface area contributed by atoms with Crippen LogP contribution in [0.15, 0.2) is 18.5 Å². The fraction of sp³-hybridized carbons (Fsp3) is 0.583. The van der Waals surface area contributed by atoms with Crippen LogP contribution in [0.2, 0.25) is 0 Å². The summed E-state index contributed by atoms with van der Waals surface area (Å²) in [6.07, 6.45) is 6.16. The third-order valence-electron chi connectivity index (χ3n) is 3.08. The summed E-state index contributed by atoms with van der Waals surface area (Å²) in [6, 6.07) is 2.00. The van der Waals surface area contributed by atoms with Gasteiger partial charge in [-0.25, -0.2) is 0 Å². The van der Waals surface area contributed by atoms with E-state index in [1.165, 1.54) is 0 Å². The van der Waals surface area contributed by atoms with Crippen molar-refractivity contribution in [2.24, 2.45) is 5.73 Å². The van der Waals surface area contributed by atoms with Crippen LogP contribution in [-0.2, 0) is 11.3 Å². The summed E-state index contributed by atoms with van der Waals surface area (Å²) in [7, 11) is 0. The molecule has 2 rings (SSSR count). The van der Waals surface area contributed by atoms with Crippen molar-refractivity contribution in [3.8, 4) is 0 Å². The number of rotatable bonds is 3. The molecule has 88 valence electrons. The molecule has 0 saturated carbocycles. The molecule has 1 amide bonds. The maximum atomic E-state index is 11.9. The molecule has 1 aliphatic rings. The lowest BCUT2D eigenvalue weighted by atomic mass is 10.2. The molecular weight excluding hydrogens is 202 g/mol. The van der Waals surface area contributed by atoms with Gasteiger partial charge >= 0.3 is 0 Å². The minimum Gasteiger partial charge on any atom is -0.345 e. The van der Waals surface area contributed by atoms with Crippen molar-refractivity contribution in [3.05, 3.63) is 24.0 Å². The van der Waals surface area contributed by atoms with Crippen LogP contribution in [0.3, 0.4) is 0 Å². The number of hydrogen-bond donors (Lipinski definition) is 1. The van der Waals surface area contributed by atoms with Crippen LogP contribution in [0.25, 0.3) is 0 Å². The molecule has 2 N–H and O–H groups in total. The summed E-state index contributed by atoms with van der Waals surface area (Å²) in [5.74, 6) is 0.212. The zero-order chi connectivity index (χ0) is 11.5. The van der Waals surface area contributed by atoms with E-state index in [2.05, 4.69) is 0 Å². The summed E-state index contributed by atoms with van der Waals surface area (Å²) in [6.45, 7) is 4.22. The summed E-state index contributed by atoms with van der Waals surface area (Å²) >= 11 is 0. The SMILES string of the molecule is CC(N)c1ccn(CC(=O)N2CCCC2)c1. The molecule has 4 heteroatoms. The van der Waals surface area contributed by atoms with Crippen LogP contribution in [0.1, 0.15) is 31.4 Å². The molecule has 0 aliphatic carbocycles. The Morgan fingerprint density at radius 3 is 2.75 bits per heavy atom. The van der Waals surface area contributed by atoms with Gasteiger partial charge in [-0.1, -0.05) is 0 Å². The Morgan fingerprint density at radius 2 is 2.19 bits per heavy atom. The minimum atomic E-state index is 0.0307. The van der Waals surface area contributed by atoms with E-state index in [9.17, 15) is 4.79 Å². The standard InChI is InChI=1S/C12H19N3O/c1-10(13)11-4-7-14(8-11)9-12(16)15-5-2-3-6-15/h4,7-8,10H,2-3,5-6,9,13H2,1H3. The molecule has 16 heavy (non-hydrogen) atoms. The molecule has 1 aromatic heterocycles. The number of aromatic nitrogens is 1. The Morgan fingerprint density at radius 1 is 1.50 bits per heavy atom. The minimum absolute atomic E-state index is 0.0307. The van der Waals surface area contributed by atoms with Gasteiger partial charge in [0.15, 0.2) is 0 Å². The summed E-state index contributed by atoms with van der Waals surface area (Å²) in [4.78, 5) is 13.8. The van der Waals surface area contributed by atoms with Gasteiger partial charge < -0.3 is 15.2 Å². The first-order chi connectivity index (χ1) is 7.66. The van der Waals surface area contributed by atoms with E-state index in [1.807, 2.05) is 34.9 Å². The van der Waals surface area contributed by atoms with E-state index < -0.39 is 0 Å². The highest BCUT2D eigenvalue weighted by Gasteiger charge is 2.17. The van der Waals surface area contributed by atoms with Crippen LogP contribution < -0.4 is 5.73 Å². The summed E-state index contributed by atoms with van der Waals surface area (Å²) < 4.78 is 1.92. The first-order valence-corrected chi connectivity index (χ1v) is 5.86. The average Bonchev–Trinajstić information content (AvgIpc) is 2.87. The predicted molar refractivity (Wildman–Crippen MR) is 62.8 cm³/mol. The van der Waals surface area contributed by atoms with Gasteiger partial charge in [0.1, 0.15) is 6.54 Å². The first-order valence-electron chi connectivity index (χ1n) is 5.86. The van der Waals surface area contributed by atoms with Crippen molar-refractivity contribution in [1.82, 2.24) is 9.47 Å². The number of likely N-dealkylation sites (tertiary alicyclic amines) is 1. The van der Waals surface area contributed by atoms with Crippen LogP contribution in [-0.4, -0.2) is 28.5 Å². The Balaban J connectivity index is 1.95. The molecule has 0 bridgehead atoms. The molecule has 2 heterocycles. The van der Waals surface area contributed by atoms with E-state index in [4.69, 9.17) is 5.73 Å². The van der Waals surface area contributed by atoms with Gasteiger partial charge in [-0.3, -0.25) is 4.79 Å². The first kappa shape index (κ1) is 11.2. The van der Waals surface area contributed by atoms with Crippen molar-refractivity contribution in [2.45, 2.75) is 32.4 Å². The number of amides is 1. The van der Waals surface area contributed by atoms with Gasteiger partial charge in [-0.05, 0) is 31.4 Å². The third-order valence-corrected chi connectivity index (χ3v) is 3.08. The Kier molecular flexibility index (Phi) is 3.29. The predicted octanol–water partition coefficient (Wildman–Crippen LogP) is 1.13. The molecule has 0 aromatic carbocycles. The van der Waals surface area contributed by atoms with E-state index in [0.29, 0.717) is 6.54 Å². The van der Waals surface area contributed by atoms with Crippen LogP contribution >= 0.6 is 0 Å². The quantitative estimate of drug-likeness (QED) is 0.832. The molecule has 1 saturated heterocycles. The van der Waals surface area contributed by atoms with E-state index in [1.54, 1.807) is 0 Å². The van der Waals surface area contributed by atoms with E-state index >= 15 is 0 Å². The summed E-state index contributed by atoms with van der Waals surface area (Å²) in [5, 5.41) is 0. The van der Waals surface area contributed by atoms with E-state index in [-0.39, 0.29) is 11.9 Å². The molecule has 1 fully saturated rings. The van der Waals surface area contributed by atoms with Gasteiger partial charge in [-0.15, -0.1) is 0 Å². The molecule has 1 aliphatic heterocycles. The van der Waals surface area contributed by atoms with Crippen molar-refractivity contribution < 1.29 is 4.79 Å². The van der Waals surface area contributed by atoms with Crippen molar-refractivity contribution in [2.75, 3.05) is 13.1 Å². The largest absolute Gasteiger partial charge is 0.345 e. The Hall–Kier alpha value is -1.29. The van der Waals surface area contributed by atoms with Crippen molar-refractivity contribution in [1.29, 1.82) is 0 Å². The van der Waals surface area contributed by atoms with Gasteiger partial charge in [0.2, 0.25) is 5.91 Å². The molecule has 4 nitrogen and oxygen atoms in total. The van der Waals surface area contributed by atoms with Crippen LogP contribution in [0.4, 0.5) is 0 Å². The lowest BCUT2D eigenvalue weighted by Gasteiger charge is -2.15. The zero-order valence-electron chi connectivity index (χ0n) is 9.72. The van der Waals surface area contributed by atoms with Gasteiger partial charge in [-0.2, -0.15) is 0 Å². The number of carbonyl (C=O) groups excluding carboxylic acids is 1. The topological polar surface area (TPSA) is 51.3 Å². The maximum absolute atomic E-state index is 11.9. The Labute approximate surface area is 96.0 Å². The van der Waals surface area contributed by atoms with Crippen LogP contribution in [0, 0.1) is 0 Å².